The third kappa shape index (κ3) is 1.41. The van der Waals surface area contributed by atoms with Gasteiger partial charge in [-0.15, -0.1) is 0 Å². The van der Waals surface area contributed by atoms with Gasteiger partial charge in [-0.1, -0.05) is 29.8 Å². The molecule has 2 bridgehead atoms. The predicted octanol–water partition coefficient (Wildman–Crippen LogP) is 2.96. The quantitative estimate of drug-likeness (QED) is 0.588. The fourth-order valence-corrected chi connectivity index (χ4v) is 4.05. The van der Waals surface area contributed by atoms with Crippen molar-refractivity contribution in [2.75, 3.05) is 4.90 Å². The van der Waals surface area contributed by atoms with Gasteiger partial charge in [0.05, 0.1) is 17.5 Å². The zero-order valence-corrected chi connectivity index (χ0v) is 11.8. The van der Waals surface area contributed by atoms with Gasteiger partial charge < -0.3 is 0 Å². The highest BCUT2D eigenvalue weighted by Gasteiger charge is 2.59. The van der Waals surface area contributed by atoms with E-state index in [-0.39, 0.29) is 35.5 Å². The summed E-state index contributed by atoms with van der Waals surface area (Å²) in [5, 5.41) is 0.584. The second-order valence-electron chi connectivity index (χ2n) is 5.95. The lowest BCUT2D eigenvalue weighted by Crippen LogP contribution is -2.32. The Morgan fingerprint density at radius 2 is 1.70 bits per heavy atom. The predicted molar refractivity (Wildman–Crippen MR) is 76.4 cm³/mol. The molecule has 20 heavy (non-hydrogen) atoms. The van der Waals surface area contributed by atoms with E-state index in [1.807, 2.05) is 13.0 Å². The number of benzene rings is 1. The van der Waals surface area contributed by atoms with Gasteiger partial charge in [-0.2, -0.15) is 0 Å². The van der Waals surface area contributed by atoms with Gasteiger partial charge in [0.15, 0.2) is 0 Å². The molecule has 1 heterocycles. The molecule has 2 fully saturated rings. The van der Waals surface area contributed by atoms with E-state index in [0.717, 1.165) is 12.0 Å². The number of nitrogens with zero attached hydrogens (tertiary/aromatic N) is 1. The van der Waals surface area contributed by atoms with Crippen molar-refractivity contribution < 1.29 is 9.59 Å². The molecule has 1 saturated heterocycles. The van der Waals surface area contributed by atoms with Gasteiger partial charge >= 0.3 is 0 Å². The van der Waals surface area contributed by atoms with Gasteiger partial charge in [-0.3, -0.25) is 9.59 Å². The summed E-state index contributed by atoms with van der Waals surface area (Å²) in [4.78, 5) is 26.6. The van der Waals surface area contributed by atoms with Crippen LogP contribution in [0, 0.1) is 30.6 Å². The Kier molecular flexibility index (Phi) is 2.40. The largest absolute Gasteiger partial charge is 0.274 e. The molecule has 0 aromatic heterocycles. The summed E-state index contributed by atoms with van der Waals surface area (Å²) in [6.45, 7) is 1.90. The Bertz CT molecular complexity index is 636. The number of carbonyl (C=O) groups excluding carboxylic acids is 2. The molecule has 0 unspecified atom stereocenters. The van der Waals surface area contributed by atoms with Crippen molar-refractivity contribution in [3.05, 3.63) is 40.9 Å². The standard InChI is InChI=1S/C16H14ClNO2/c1-8-2-5-11(7-12(8)17)18-15(19)13-9-3-4-10(6-9)14(13)16(18)20/h2-5,7,9-10,13-14H,6H2,1H3/t9-,10+,13-,14-/m0/s1. The number of hydrogen-bond donors (Lipinski definition) is 0. The number of halogens is 1. The number of rotatable bonds is 1. The second kappa shape index (κ2) is 3.95. The van der Waals surface area contributed by atoms with Gasteiger partial charge in [0.2, 0.25) is 11.8 Å². The summed E-state index contributed by atoms with van der Waals surface area (Å²) in [6.07, 6.45) is 5.15. The van der Waals surface area contributed by atoms with Crippen LogP contribution >= 0.6 is 11.6 Å². The molecule has 0 N–H and O–H groups in total. The van der Waals surface area contributed by atoms with Gasteiger partial charge in [0.25, 0.3) is 0 Å². The lowest BCUT2D eigenvalue weighted by atomic mass is 9.85. The highest BCUT2D eigenvalue weighted by molar-refractivity contribution is 6.32. The van der Waals surface area contributed by atoms with Crippen LogP contribution in [-0.2, 0) is 9.59 Å². The summed E-state index contributed by atoms with van der Waals surface area (Å²) < 4.78 is 0. The first-order chi connectivity index (χ1) is 9.58. The van der Waals surface area contributed by atoms with Crippen LogP contribution in [0.2, 0.25) is 5.02 Å². The minimum Gasteiger partial charge on any atom is -0.274 e. The highest BCUT2D eigenvalue weighted by atomic mass is 35.5. The van der Waals surface area contributed by atoms with Gasteiger partial charge in [0.1, 0.15) is 0 Å². The summed E-state index contributed by atoms with van der Waals surface area (Å²) in [5.41, 5.74) is 1.54. The SMILES string of the molecule is Cc1ccc(N2C(=O)[C@@H]3[C@@H](C2=O)[C@H]2C=C[C@@H]3C2)cc1Cl. The van der Waals surface area contributed by atoms with Crippen molar-refractivity contribution in [3.8, 4) is 0 Å². The lowest BCUT2D eigenvalue weighted by molar-refractivity contribution is -0.123. The van der Waals surface area contributed by atoms with Crippen molar-refractivity contribution in [2.45, 2.75) is 13.3 Å². The number of carbonyl (C=O) groups is 2. The van der Waals surface area contributed by atoms with Crippen molar-refractivity contribution >= 4 is 29.1 Å². The highest BCUT2D eigenvalue weighted by Crippen LogP contribution is 2.53. The van der Waals surface area contributed by atoms with Crippen LogP contribution < -0.4 is 4.90 Å². The fraction of sp³-hybridized carbons (Fsp3) is 0.375. The Morgan fingerprint density at radius 1 is 1.10 bits per heavy atom. The van der Waals surface area contributed by atoms with E-state index < -0.39 is 0 Å². The van der Waals surface area contributed by atoms with Crippen LogP contribution in [0.1, 0.15) is 12.0 Å². The summed E-state index contributed by atoms with van der Waals surface area (Å²) in [6, 6.07) is 5.36. The van der Waals surface area contributed by atoms with Crippen molar-refractivity contribution in [3.63, 3.8) is 0 Å². The number of imide groups is 1. The van der Waals surface area contributed by atoms with Crippen LogP contribution in [-0.4, -0.2) is 11.8 Å². The first kappa shape index (κ1) is 12.2. The molecule has 4 rings (SSSR count). The molecule has 1 aliphatic heterocycles. The number of amides is 2. The molecule has 0 radical (unpaired) electrons. The number of fused-ring (bicyclic) bond motifs is 5. The molecule has 102 valence electrons. The van der Waals surface area contributed by atoms with E-state index in [0.29, 0.717) is 10.7 Å². The van der Waals surface area contributed by atoms with Crippen molar-refractivity contribution in [1.29, 1.82) is 0 Å². The Hall–Kier alpha value is -1.61. The first-order valence-electron chi connectivity index (χ1n) is 6.90. The summed E-state index contributed by atoms with van der Waals surface area (Å²) in [5.74, 6) is 0.0587. The van der Waals surface area contributed by atoms with E-state index in [1.54, 1.807) is 12.1 Å². The third-order valence-corrected chi connectivity index (χ3v) is 5.29. The molecule has 1 aromatic rings. The average Bonchev–Trinajstić information content (AvgIpc) is 3.08. The van der Waals surface area contributed by atoms with E-state index in [1.165, 1.54) is 4.90 Å². The zero-order chi connectivity index (χ0) is 14.0. The smallest absolute Gasteiger partial charge is 0.238 e. The molecule has 1 aromatic carbocycles. The monoisotopic (exact) mass is 287 g/mol. The van der Waals surface area contributed by atoms with Crippen LogP contribution in [0.3, 0.4) is 0 Å². The molecule has 3 aliphatic rings. The number of aryl methyl sites for hydroxylation is 1. The molecular weight excluding hydrogens is 274 g/mol. The number of allylic oxidation sites excluding steroid dienone is 2. The van der Waals surface area contributed by atoms with Crippen LogP contribution in [0.4, 0.5) is 5.69 Å². The van der Waals surface area contributed by atoms with Gasteiger partial charge in [-0.05, 0) is 42.9 Å². The normalized spacial score (nSPS) is 34.2. The first-order valence-corrected chi connectivity index (χ1v) is 7.28. The Labute approximate surface area is 122 Å². The van der Waals surface area contributed by atoms with E-state index in [2.05, 4.69) is 12.2 Å². The Morgan fingerprint density at radius 3 is 2.25 bits per heavy atom. The van der Waals surface area contributed by atoms with E-state index >= 15 is 0 Å². The van der Waals surface area contributed by atoms with Crippen molar-refractivity contribution in [1.82, 2.24) is 0 Å². The van der Waals surface area contributed by atoms with Crippen molar-refractivity contribution in [2.24, 2.45) is 23.7 Å². The molecular formula is C16H14ClNO2. The molecule has 4 heteroatoms. The zero-order valence-electron chi connectivity index (χ0n) is 11.0. The maximum atomic E-state index is 12.6. The number of anilines is 1. The second-order valence-corrected chi connectivity index (χ2v) is 6.35. The van der Waals surface area contributed by atoms with Gasteiger partial charge in [0, 0.05) is 5.02 Å². The number of hydrogen-bond acceptors (Lipinski definition) is 2. The average molecular weight is 288 g/mol. The minimum absolute atomic E-state index is 0.0585. The molecule has 3 nitrogen and oxygen atoms in total. The summed E-state index contributed by atoms with van der Waals surface area (Å²) in [7, 11) is 0. The maximum Gasteiger partial charge on any atom is 0.238 e. The fourth-order valence-electron chi connectivity index (χ4n) is 3.88. The Balaban J connectivity index is 1.76. The van der Waals surface area contributed by atoms with Crippen LogP contribution in [0.25, 0.3) is 0 Å². The summed E-state index contributed by atoms with van der Waals surface area (Å²) >= 11 is 6.12. The maximum absolute atomic E-state index is 12.6. The molecule has 2 aliphatic carbocycles. The van der Waals surface area contributed by atoms with Gasteiger partial charge in [-0.25, -0.2) is 4.90 Å². The topological polar surface area (TPSA) is 37.4 Å². The molecule has 1 saturated carbocycles. The lowest BCUT2D eigenvalue weighted by Gasteiger charge is -2.17. The molecule has 4 atom stereocenters. The van der Waals surface area contributed by atoms with E-state index in [4.69, 9.17) is 11.6 Å². The third-order valence-electron chi connectivity index (χ3n) is 4.88. The van der Waals surface area contributed by atoms with E-state index in [9.17, 15) is 9.59 Å². The minimum atomic E-state index is -0.155. The molecule has 0 spiro atoms. The molecule has 2 amide bonds. The van der Waals surface area contributed by atoms with Crippen LogP contribution in [0.5, 0.6) is 0 Å². The van der Waals surface area contributed by atoms with Crippen LogP contribution in [0.15, 0.2) is 30.4 Å².